The van der Waals surface area contributed by atoms with E-state index in [1.54, 1.807) is 12.1 Å². The van der Waals surface area contributed by atoms with Crippen LogP contribution in [0.5, 0.6) is 11.5 Å². The highest BCUT2D eigenvalue weighted by Gasteiger charge is 2.18. The molecule has 9 heteroatoms. The van der Waals surface area contributed by atoms with Crippen molar-refractivity contribution in [3.8, 4) is 22.9 Å². The maximum absolute atomic E-state index is 12.6. The van der Waals surface area contributed by atoms with Crippen molar-refractivity contribution in [1.82, 2.24) is 14.8 Å². The van der Waals surface area contributed by atoms with Gasteiger partial charge in [0.15, 0.2) is 11.0 Å². The summed E-state index contributed by atoms with van der Waals surface area (Å²) in [7, 11) is 3.03. The summed E-state index contributed by atoms with van der Waals surface area (Å²) < 4.78 is 12.6. The Kier molecular flexibility index (Phi) is 7.92. The van der Waals surface area contributed by atoms with E-state index in [0.717, 1.165) is 11.4 Å². The average Bonchev–Trinajstić information content (AvgIpc) is 3.21. The molecule has 176 valence electrons. The zero-order valence-corrected chi connectivity index (χ0v) is 21.3. The van der Waals surface area contributed by atoms with E-state index in [0.29, 0.717) is 33.9 Å². The summed E-state index contributed by atoms with van der Waals surface area (Å²) in [5.41, 5.74) is 2.82. The average molecular weight is 489 g/mol. The van der Waals surface area contributed by atoms with Crippen molar-refractivity contribution in [3.05, 3.63) is 47.0 Å². The van der Waals surface area contributed by atoms with Gasteiger partial charge in [0.05, 0.1) is 30.7 Å². The van der Waals surface area contributed by atoms with Crippen LogP contribution in [0.25, 0.3) is 11.4 Å². The number of benzene rings is 2. The van der Waals surface area contributed by atoms with Gasteiger partial charge in [-0.3, -0.25) is 4.79 Å². The minimum atomic E-state index is -0.204. The minimum Gasteiger partial charge on any atom is -0.495 e. The Bertz CT molecular complexity index is 1120. The summed E-state index contributed by atoms with van der Waals surface area (Å²) in [5.74, 6) is 1.65. The smallest absolute Gasteiger partial charge is 0.234 e. The number of thioether (sulfide) groups is 1. The second-order valence-electron chi connectivity index (χ2n) is 8.40. The van der Waals surface area contributed by atoms with Crippen molar-refractivity contribution >= 4 is 35.0 Å². The molecule has 3 rings (SSSR count). The number of amides is 1. The standard InChI is InChI=1S/C24H29ClN4O3S/c1-7-29-22(15-8-10-16(11-9-15)24(2,3)4)27-28-23(29)33-14-21(30)26-18-13-19(31-5)17(25)12-20(18)32-6/h8-13H,7,14H2,1-6H3,(H,26,30). The highest BCUT2D eigenvalue weighted by molar-refractivity contribution is 7.99. The van der Waals surface area contributed by atoms with E-state index in [1.165, 1.54) is 31.5 Å². The topological polar surface area (TPSA) is 78.3 Å². The van der Waals surface area contributed by atoms with Gasteiger partial charge in [0.25, 0.3) is 0 Å². The quantitative estimate of drug-likeness (QED) is 0.412. The molecule has 0 saturated carbocycles. The summed E-state index contributed by atoms with van der Waals surface area (Å²) in [6.45, 7) is 9.28. The Labute approximate surface area is 203 Å². The molecule has 3 aromatic rings. The number of carbonyl (C=O) groups is 1. The lowest BCUT2D eigenvalue weighted by molar-refractivity contribution is -0.113. The lowest BCUT2D eigenvalue weighted by Gasteiger charge is -2.19. The van der Waals surface area contributed by atoms with Crippen molar-refractivity contribution in [2.45, 2.75) is 44.8 Å². The van der Waals surface area contributed by atoms with Crippen molar-refractivity contribution in [3.63, 3.8) is 0 Å². The molecular formula is C24H29ClN4O3S. The van der Waals surface area contributed by atoms with Gasteiger partial charge in [-0.05, 0) is 17.9 Å². The first kappa shape index (κ1) is 24.9. The second-order valence-corrected chi connectivity index (χ2v) is 9.75. The Morgan fingerprint density at radius 2 is 1.76 bits per heavy atom. The Morgan fingerprint density at radius 1 is 1.09 bits per heavy atom. The number of aromatic nitrogens is 3. The second kappa shape index (κ2) is 10.5. The van der Waals surface area contributed by atoms with Crippen LogP contribution >= 0.6 is 23.4 Å². The number of hydrogen-bond donors (Lipinski definition) is 1. The fourth-order valence-corrected chi connectivity index (χ4v) is 4.32. The van der Waals surface area contributed by atoms with Crippen LogP contribution in [0.1, 0.15) is 33.3 Å². The van der Waals surface area contributed by atoms with Crippen molar-refractivity contribution < 1.29 is 14.3 Å². The first-order chi connectivity index (χ1) is 15.7. The molecule has 0 fully saturated rings. The van der Waals surface area contributed by atoms with Gasteiger partial charge in [0.2, 0.25) is 5.91 Å². The number of nitrogens with one attached hydrogen (secondary N) is 1. The van der Waals surface area contributed by atoms with Crippen molar-refractivity contribution in [2.75, 3.05) is 25.3 Å². The van der Waals surface area contributed by atoms with Gasteiger partial charge < -0.3 is 19.4 Å². The SMILES string of the molecule is CCn1c(SCC(=O)Nc2cc(OC)c(Cl)cc2OC)nnc1-c1ccc(C(C)(C)C)cc1. The van der Waals surface area contributed by atoms with Crippen LogP contribution < -0.4 is 14.8 Å². The number of anilines is 1. The molecule has 1 amide bonds. The molecule has 2 aromatic carbocycles. The fourth-order valence-electron chi connectivity index (χ4n) is 3.29. The molecule has 1 aromatic heterocycles. The zero-order valence-electron chi connectivity index (χ0n) is 19.7. The van der Waals surface area contributed by atoms with Gasteiger partial charge in [0, 0.05) is 24.2 Å². The summed E-state index contributed by atoms with van der Waals surface area (Å²) >= 11 is 7.46. The van der Waals surface area contributed by atoms with Crippen LogP contribution in [0.3, 0.4) is 0 Å². The highest BCUT2D eigenvalue weighted by atomic mass is 35.5. The molecule has 0 atom stereocenters. The normalized spacial score (nSPS) is 11.4. The molecule has 0 unspecified atom stereocenters. The Balaban J connectivity index is 1.73. The maximum Gasteiger partial charge on any atom is 0.234 e. The van der Waals surface area contributed by atoms with Gasteiger partial charge in [-0.1, -0.05) is 68.4 Å². The molecular weight excluding hydrogens is 460 g/mol. The van der Waals surface area contributed by atoms with E-state index in [1.807, 2.05) is 11.5 Å². The third kappa shape index (κ3) is 5.81. The molecule has 0 bridgehead atoms. The number of ether oxygens (including phenoxy) is 2. The molecule has 0 aliphatic heterocycles. The monoisotopic (exact) mass is 488 g/mol. The lowest BCUT2D eigenvalue weighted by Crippen LogP contribution is -2.15. The van der Waals surface area contributed by atoms with Crippen LogP contribution in [-0.4, -0.2) is 40.6 Å². The van der Waals surface area contributed by atoms with E-state index < -0.39 is 0 Å². The third-order valence-electron chi connectivity index (χ3n) is 5.12. The fraction of sp³-hybridized carbons (Fsp3) is 0.375. The first-order valence-electron chi connectivity index (χ1n) is 10.6. The van der Waals surface area contributed by atoms with Gasteiger partial charge >= 0.3 is 0 Å². The number of rotatable bonds is 8. The van der Waals surface area contributed by atoms with Crippen molar-refractivity contribution in [1.29, 1.82) is 0 Å². The summed E-state index contributed by atoms with van der Waals surface area (Å²) in [6.07, 6.45) is 0. The molecule has 1 heterocycles. The summed E-state index contributed by atoms with van der Waals surface area (Å²) in [5, 5.41) is 12.6. The number of nitrogens with zero attached hydrogens (tertiary/aromatic N) is 3. The lowest BCUT2D eigenvalue weighted by atomic mass is 9.87. The first-order valence-corrected chi connectivity index (χ1v) is 11.9. The molecule has 0 radical (unpaired) electrons. The van der Waals surface area contributed by atoms with Gasteiger partial charge in [0.1, 0.15) is 11.5 Å². The van der Waals surface area contributed by atoms with Crippen LogP contribution in [0.15, 0.2) is 41.6 Å². The molecule has 33 heavy (non-hydrogen) atoms. The third-order valence-corrected chi connectivity index (χ3v) is 6.38. The largest absolute Gasteiger partial charge is 0.495 e. The van der Waals surface area contributed by atoms with Gasteiger partial charge in [-0.25, -0.2) is 0 Å². The number of methoxy groups -OCH3 is 2. The molecule has 0 spiro atoms. The van der Waals surface area contributed by atoms with E-state index in [4.69, 9.17) is 21.1 Å². The number of halogens is 1. The van der Waals surface area contributed by atoms with E-state index in [-0.39, 0.29) is 17.1 Å². The summed E-state index contributed by atoms with van der Waals surface area (Å²) in [6, 6.07) is 11.6. The molecule has 0 aliphatic carbocycles. The predicted molar refractivity (Wildman–Crippen MR) is 134 cm³/mol. The molecule has 1 N–H and O–H groups in total. The minimum absolute atomic E-state index is 0.0854. The number of carbonyl (C=O) groups excluding carboxylic acids is 1. The predicted octanol–water partition coefficient (Wildman–Crippen LogP) is 5.66. The molecule has 0 saturated heterocycles. The van der Waals surface area contributed by atoms with E-state index in [2.05, 4.69) is 60.6 Å². The number of hydrogen-bond acceptors (Lipinski definition) is 6. The van der Waals surface area contributed by atoms with E-state index >= 15 is 0 Å². The Hall–Kier alpha value is -2.71. The molecule has 7 nitrogen and oxygen atoms in total. The van der Waals surface area contributed by atoms with E-state index in [9.17, 15) is 4.79 Å². The van der Waals surface area contributed by atoms with Crippen LogP contribution in [0, 0.1) is 0 Å². The Morgan fingerprint density at radius 3 is 2.33 bits per heavy atom. The summed E-state index contributed by atoms with van der Waals surface area (Å²) in [4.78, 5) is 12.6. The van der Waals surface area contributed by atoms with Crippen LogP contribution in [0.2, 0.25) is 5.02 Å². The molecule has 0 aliphatic rings. The van der Waals surface area contributed by atoms with Gasteiger partial charge in [-0.2, -0.15) is 0 Å². The van der Waals surface area contributed by atoms with Crippen molar-refractivity contribution in [2.24, 2.45) is 0 Å². The van der Waals surface area contributed by atoms with Crippen LogP contribution in [0.4, 0.5) is 5.69 Å². The zero-order chi connectivity index (χ0) is 24.2. The van der Waals surface area contributed by atoms with Crippen LogP contribution in [-0.2, 0) is 16.8 Å². The maximum atomic E-state index is 12.6. The van der Waals surface area contributed by atoms with Gasteiger partial charge in [-0.15, -0.1) is 10.2 Å². The highest BCUT2D eigenvalue weighted by Crippen LogP contribution is 2.36.